The maximum absolute atomic E-state index is 13.0. The Balaban J connectivity index is 0.000000187. The molecule has 170 valence electrons. The molecule has 4 rings (SSSR count). The Kier molecular flexibility index (Phi) is 7.14. The van der Waals surface area contributed by atoms with Gasteiger partial charge in [0.05, 0.1) is 11.3 Å². The van der Waals surface area contributed by atoms with E-state index in [9.17, 15) is 18.5 Å². The Morgan fingerprint density at radius 2 is 2.10 bits per heavy atom. The van der Waals surface area contributed by atoms with E-state index in [4.69, 9.17) is 15.9 Å². The average Bonchev–Trinajstić information content (AvgIpc) is 3.38. The van der Waals surface area contributed by atoms with Crippen molar-refractivity contribution in [3.8, 4) is 0 Å². The number of nitrogens with two attached hydrogens (primary N) is 2. The number of carbonyl (C=O) groups excluding carboxylic acids is 1. The molecule has 2 aliphatic rings. The summed E-state index contributed by atoms with van der Waals surface area (Å²) in [6.45, 7) is 5.26. The molecule has 2 unspecified atom stereocenters. The summed E-state index contributed by atoms with van der Waals surface area (Å²) < 4.78 is 23.8. The van der Waals surface area contributed by atoms with Gasteiger partial charge in [-0.1, -0.05) is 6.92 Å². The molecule has 0 saturated carbocycles. The lowest BCUT2D eigenvalue weighted by Crippen LogP contribution is -2.21. The van der Waals surface area contributed by atoms with Gasteiger partial charge >= 0.3 is 6.03 Å². The predicted octanol–water partition coefficient (Wildman–Crippen LogP) is 3.60. The van der Waals surface area contributed by atoms with Crippen LogP contribution in [-0.2, 0) is 35.8 Å². The molecule has 2 aromatic rings. The van der Waals surface area contributed by atoms with Gasteiger partial charge in [-0.15, -0.1) is 11.3 Å². The van der Waals surface area contributed by atoms with Crippen molar-refractivity contribution in [1.82, 2.24) is 4.98 Å². The Labute approximate surface area is 188 Å². The maximum atomic E-state index is 13.0. The molecule has 2 atom stereocenters. The summed E-state index contributed by atoms with van der Waals surface area (Å²) in [5.41, 5.74) is 10.0. The van der Waals surface area contributed by atoms with Crippen molar-refractivity contribution in [2.75, 3.05) is 5.32 Å². The Bertz CT molecular complexity index is 1020. The Hall–Kier alpha value is -1.88. The molecule has 31 heavy (non-hydrogen) atoms. The average molecular weight is 469 g/mol. The highest BCUT2D eigenvalue weighted by Gasteiger charge is 2.30. The number of primary amides is 1. The Morgan fingerprint density at radius 1 is 1.39 bits per heavy atom. The van der Waals surface area contributed by atoms with Gasteiger partial charge in [0, 0.05) is 22.2 Å². The zero-order chi connectivity index (χ0) is 22.9. The van der Waals surface area contributed by atoms with E-state index in [0.29, 0.717) is 10.8 Å². The van der Waals surface area contributed by atoms with Crippen LogP contribution >= 0.6 is 11.3 Å². The highest BCUT2D eigenvalue weighted by molar-refractivity contribution is 7.85. The highest BCUT2D eigenvalue weighted by Crippen LogP contribution is 2.42. The lowest BCUT2D eigenvalue weighted by molar-refractivity contribution is 0.0823. The lowest BCUT2D eigenvalue weighted by atomic mass is 10.0. The monoisotopic (exact) mass is 468 g/mol. The summed E-state index contributed by atoms with van der Waals surface area (Å²) >= 11 is 0.924. The number of nitrogens with zero attached hydrogens (tertiary/aromatic N) is 1. The molecule has 0 aromatic carbocycles. The number of hydrogen-bond acceptors (Lipinski definition) is 5. The van der Waals surface area contributed by atoms with Gasteiger partial charge in [-0.25, -0.2) is 18.5 Å². The van der Waals surface area contributed by atoms with Crippen LogP contribution in [0.15, 0.2) is 10.3 Å². The number of hydrogen-bond donors (Lipinski definition) is 4. The van der Waals surface area contributed by atoms with Crippen molar-refractivity contribution in [2.24, 2.45) is 10.9 Å². The quantitative estimate of drug-likeness (QED) is 0.546. The number of aliphatic hydroxyl groups is 1. The topological polar surface area (TPSA) is 131 Å². The van der Waals surface area contributed by atoms with Gasteiger partial charge in [-0.05, 0) is 69.6 Å². The summed E-state index contributed by atoms with van der Waals surface area (Å²) in [7, 11) is -1.82. The first-order chi connectivity index (χ1) is 14.5. The summed E-state index contributed by atoms with van der Waals surface area (Å²) in [4.78, 5) is 16.5. The van der Waals surface area contributed by atoms with Crippen molar-refractivity contribution >= 4 is 34.0 Å². The minimum Gasteiger partial charge on any atom is -0.385 e. The van der Waals surface area contributed by atoms with E-state index >= 15 is 0 Å². The number of aromatic nitrogens is 1. The summed E-state index contributed by atoms with van der Waals surface area (Å²) in [6.07, 6.45) is 6.47. The van der Waals surface area contributed by atoms with Crippen LogP contribution in [-0.4, -0.2) is 20.3 Å². The van der Waals surface area contributed by atoms with Crippen molar-refractivity contribution in [2.45, 2.75) is 75.0 Å². The van der Waals surface area contributed by atoms with Crippen molar-refractivity contribution in [3.05, 3.63) is 39.3 Å². The van der Waals surface area contributed by atoms with Gasteiger partial charge in [0.25, 0.3) is 0 Å². The van der Waals surface area contributed by atoms with E-state index in [2.05, 4.69) is 12.2 Å². The second-order valence-electron chi connectivity index (χ2n) is 8.36. The lowest BCUT2D eigenvalue weighted by Gasteiger charge is -2.15. The standard InChI is InChI=1S/C14H19N3O.C7H10FNO2S2/c1-2-8-6-7-10-12(8)16-11-5-3-4-9(11)13(10)17-14(15)18;1-7(2,10)5-3-4(8)6(12-5)13(9)11/h8H,2-7H2,1H3,(H3,15,16,17,18);3,10H,9H2,1-2H3. The fourth-order valence-electron chi connectivity index (χ4n) is 4.15. The molecule has 7 nitrogen and oxygen atoms in total. The summed E-state index contributed by atoms with van der Waals surface area (Å²) in [6, 6.07) is 0.697. The van der Waals surface area contributed by atoms with E-state index in [0.717, 1.165) is 61.6 Å². The van der Waals surface area contributed by atoms with E-state index < -0.39 is 28.4 Å². The third kappa shape index (κ3) is 5.14. The van der Waals surface area contributed by atoms with Crippen molar-refractivity contribution < 1.29 is 18.5 Å². The summed E-state index contributed by atoms with van der Waals surface area (Å²) in [5, 5.41) is 17.4. The van der Waals surface area contributed by atoms with E-state index in [1.807, 2.05) is 0 Å². The van der Waals surface area contributed by atoms with Crippen LogP contribution in [0.1, 0.15) is 73.3 Å². The third-order valence-electron chi connectivity index (χ3n) is 5.67. The molecule has 2 amide bonds. The molecule has 2 aliphatic carbocycles. The van der Waals surface area contributed by atoms with Crippen molar-refractivity contribution in [1.29, 1.82) is 0 Å². The van der Waals surface area contributed by atoms with Crippen LogP contribution in [0.2, 0.25) is 0 Å². The molecular formula is C21H29FN4O3S2. The number of pyridine rings is 1. The molecular weight excluding hydrogens is 439 g/mol. The smallest absolute Gasteiger partial charge is 0.316 e. The molecule has 0 bridgehead atoms. The van der Waals surface area contributed by atoms with Crippen LogP contribution < -0.4 is 16.2 Å². The number of nitrogens with one attached hydrogen (secondary N) is 1. The van der Waals surface area contributed by atoms with Gasteiger partial charge < -0.3 is 16.2 Å². The first kappa shape index (κ1) is 23.8. The van der Waals surface area contributed by atoms with Gasteiger partial charge in [-0.3, -0.25) is 4.98 Å². The largest absolute Gasteiger partial charge is 0.385 e. The molecule has 0 aliphatic heterocycles. The molecule has 0 saturated heterocycles. The Morgan fingerprint density at radius 3 is 2.61 bits per heavy atom. The molecule has 2 heterocycles. The second-order valence-corrected chi connectivity index (χ2v) is 10.7. The molecule has 10 heteroatoms. The van der Waals surface area contributed by atoms with Gasteiger partial charge in [-0.2, -0.15) is 0 Å². The summed E-state index contributed by atoms with van der Waals surface area (Å²) in [5.74, 6) is -0.0673. The van der Waals surface area contributed by atoms with Gasteiger partial charge in [0.2, 0.25) is 0 Å². The van der Waals surface area contributed by atoms with Crippen LogP contribution in [0.3, 0.4) is 0 Å². The molecule has 0 fully saturated rings. The number of aryl methyl sites for hydroxylation is 1. The molecule has 0 spiro atoms. The minimum absolute atomic E-state index is 0.0304. The number of rotatable bonds is 4. The zero-order valence-electron chi connectivity index (χ0n) is 18.0. The van der Waals surface area contributed by atoms with Crippen LogP contribution in [0.25, 0.3) is 0 Å². The number of thiophene rings is 1. The number of carbonyl (C=O) groups is 1. The number of halogens is 1. The fourth-order valence-corrected chi connectivity index (χ4v) is 5.77. The minimum atomic E-state index is -1.82. The number of fused-ring (bicyclic) bond motifs is 2. The first-order valence-corrected chi connectivity index (χ1v) is 12.3. The fraction of sp³-hybridized carbons (Fsp3) is 0.524. The van der Waals surface area contributed by atoms with Crippen LogP contribution in [0.5, 0.6) is 0 Å². The molecule has 0 radical (unpaired) electrons. The predicted molar refractivity (Wildman–Crippen MR) is 121 cm³/mol. The highest BCUT2D eigenvalue weighted by atomic mass is 32.2. The second kappa shape index (κ2) is 9.32. The SMILES string of the molecule is CC(C)(O)c1cc(F)c(S(N)=O)s1.CCC1CCc2c1nc1c(c2NC(N)=O)CCC1. The van der Waals surface area contributed by atoms with E-state index in [-0.39, 0.29) is 4.21 Å². The van der Waals surface area contributed by atoms with Crippen LogP contribution in [0, 0.1) is 5.82 Å². The van der Waals surface area contributed by atoms with Crippen molar-refractivity contribution in [3.63, 3.8) is 0 Å². The van der Waals surface area contributed by atoms with Gasteiger partial charge in [0.15, 0.2) is 5.82 Å². The maximum Gasteiger partial charge on any atom is 0.316 e. The van der Waals surface area contributed by atoms with E-state index in [1.54, 1.807) is 0 Å². The number of urea groups is 1. The van der Waals surface area contributed by atoms with Crippen LogP contribution in [0.4, 0.5) is 14.9 Å². The normalized spacial score (nSPS) is 18.1. The number of amides is 2. The van der Waals surface area contributed by atoms with E-state index in [1.165, 1.54) is 36.4 Å². The number of anilines is 1. The molecule has 6 N–H and O–H groups in total. The first-order valence-electron chi connectivity index (χ1n) is 10.3. The zero-order valence-corrected chi connectivity index (χ0v) is 19.6. The van der Waals surface area contributed by atoms with Gasteiger partial charge in [0.1, 0.15) is 15.2 Å². The third-order valence-corrected chi connectivity index (χ3v) is 8.19. The molecule has 2 aromatic heterocycles.